The van der Waals surface area contributed by atoms with Gasteiger partial charge in [0.25, 0.3) is 0 Å². The van der Waals surface area contributed by atoms with E-state index in [0.29, 0.717) is 0 Å². The highest BCUT2D eigenvalue weighted by Crippen LogP contribution is 2.40. The van der Waals surface area contributed by atoms with Crippen LogP contribution in [-0.2, 0) is 0 Å². The standard InChI is InChI=1S/C11H6Br2Cl2S/c12-6-1-2-8(13)7(5-6)10(15)11-9(14)3-4-16-11/h1-5,10H. The van der Waals surface area contributed by atoms with Crippen LogP contribution in [0.2, 0.25) is 5.02 Å². The highest BCUT2D eigenvalue weighted by Gasteiger charge is 2.18. The minimum Gasteiger partial charge on any atom is -0.145 e. The summed E-state index contributed by atoms with van der Waals surface area (Å²) in [5, 5.41) is 2.44. The van der Waals surface area contributed by atoms with Crippen molar-refractivity contribution in [1.29, 1.82) is 0 Å². The quantitative estimate of drug-likeness (QED) is 0.522. The number of benzene rings is 1. The van der Waals surface area contributed by atoms with Crippen molar-refractivity contribution < 1.29 is 0 Å². The van der Waals surface area contributed by atoms with Gasteiger partial charge in [0.1, 0.15) is 0 Å². The fourth-order valence-electron chi connectivity index (χ4n) is 1.34. The average molecular weight is 401 g/mol. The minimum absolute atomic E-state index is 0.223. The monoisotopic (exact) mass is 398 g/mol. The van der Waals surface area contributed by atoms with E-state index < -0.39 is 0 Å². The second-order valence-electron chi connectivity index (χ2n) is 3.16. The van der Waals surface area contributed by atoms with Crippen LogP contribution < -0.4 is 0 Å². The van der Waals surface area contributed by atoms with Crippen molar-refractivity contribution in [3.05, 3.63) is 54.1 Å². The largest absolute Gasteiger partial charge is 0.145 e. The molecule has 0 spiro atoms. The molecule has 1 atom stereocenters. The molecule has 0 amide bonds. The Balaban J connectivity index is 2.45. The number of hydrogen-bond acceptors (Lipinski definition) is 1. The molecule has 16 heavy (non-hydrogen) atoms. The van der Waals surface area contributed by atoms with Gasteiger partial charge >= 0.3 is 0 Å². The van der Waals surface area contributed by atoms with Crippen molar-refractivity contribution >= 4 is 66.4 Å². The normalized spacial score (nSPS) is 12.8. The van der Waals surface area contributed by atoms with E-state index in [4.69, 9.17) is 23.2 Å². The van der Waals surface area contributed by atoms with Crippen LogP contribution in [0.4, 0.5) is 0 Å². The molecule has 0 bridgehead atoms. The van der Waals surface area contributed by atoms with Gasteiger partial charge in [-0.25, -0.2) is 0 Å². The van der Waals surface area contributed by atoms with Crippen molar-refractivity contribution in [2.75, 3.05) is 0 Å². The van der Waals surface area contributed by atoms with Gasteiger partial charge in [0.2, 0.25) is 0 Å². The Bertz CT molecular complexity index is 510. The Labute approximate surface area is 125 Å². The number of hydrogen-bond donors (Lipinski definition) is 0. The van der Waals surface area contributed by atoms with Gasteiger partial charge in [-0.1, -0.05) is 43.5 Å². The number of thiophene rings is 1. The third-order valence-corrected chi connectivity index (χ3v) is 5.33. The first kappa shape index (κ1) is 12.9. The van der Waals surface area contributed by atoms with E-state index in [0.717, 1.165) is 24.4 Å². The molecule has 0 aliphatic carbocycles. The lowest BCUT2D eigenvalue weighted by atomic mass is 10.1. The third-order valence-electron chi connectivity index (χ3n) is 2.11. The number of rotatable bonds is 2. The summed E-state index contributed by atoms with van der Waals surface area (Å²) in [4.78, 5) is 0.974. The van der Waals surface area contributed by atoms with Crippen molar-refractivity contribution in [3.8, 4) is 0 Å². The van der Waals surface area contributed by atoms with Gasteiger partial charge < -0.3 is 0 Å². The molecule has 0 fully saturated rings. The van der Waals surface area contributed by atoms with E-state index >= 15 is 0 Å². The SMILES string of the molecule is Clc1ccsc1C(Cl)c1cc(Br)ccc1Br. The maximum atomic E-state index is 6.43. The predicted molar refractivity (Wildman–Crippen MR) is 78.9 cm³/mol. The first-order valence-corrected chi connectivity index (χ1v) is 7.69. The zero-order chi connectivity index (χ0) is 11.7. The molecule has 84 valence electrons. The Morgan fingerprint density at radius 2 is 1.94 bits per heavy atom. The lowest BCUT2D eigenvalue weighted by molar-refractivity contribution is 1.16. The van der Waals surface area contributed by atoms with Crippen LogP contribution in [0, 0.1) is 0 Å². The van der Waals surface area contributed by atoms with Gasteiger partial charge in [-0.3, -0.25) is 0 Å². The Morgan fingerprint density at radius 1 is 1.19 bits per heavy atom. The topological polar surface area (TPSA) is 0 Å². The van der Waals surface area contributed by atoms with Crippen molar-refractivity contribution in [2.24, 2.45) is 0 Å². The van der Waals surface area contributed by atoms with Gasteiger partial charge in [-0.2, -0.15) is 0 Å². The van der Waals surface area contributed by atoms with Crippen molar-refractivity contribution in [3.63, 3.8) is 0 Å². The number of alkyl halides is 1. The molecular formula is C11H6Br2Cl2S. The van der Waals surface area contributed by atoms with Gasteiger partial charge in [-0.05, 0) is 35.2 Å². The fourth-order valence-corrected chi connectivity index (χ4v) is 3.99. The maximum Gasteiger partial charge on any atom is 0.0953 e. The molecule has 2 rings (SSSR count). The highest BCUT2D eigenvalue weighted by molar-refractivity contribution is 9.11. The summed E-state index contributed by atoms with van der Waals surface area (Å²) in [5.41, 5.74) is 1.01. The molecule has 0 nitrogen and oxygen atoms in total. The Hall–Kier alpha value is 0.460. The molecule has 5 heteroatoms. The molecule has 1 heterocycles. The van der Waals surface area contributed by atoms with Crippen molar-refractivity contribution in [2.45, 2.75) is 5.38 Å². The molecule has 0 saturated carbocycles. The molecule has 2 aromatic rings. The second-order valence-corrected chi connectivity index (χ2v) is 6.72. The average Bonchev–Trinajstić information content (AvgIpc) is 2.67. The highest BCUT2D eigenvalue weighted by atomic mass is 79.9. The molecule has 0 aliphatic heterocycles. The van der Waals surface area contributed by atoms with Crippen LogP contribution in [0.5, 0.6) is 0 Å². The lowest BCUT2D eigenvalue weighted by Gasteiger charge is -2.11. The predicted octanol–water partition coefficient (Wildman–Crippen LogP) is 6.25. The summed E-state index contributed by atoms with van der Waals surface area (Å²) in [6.07, 6.45) is 0. The molecule has 1 unspecified atom stereocenters. The van der Waals surface area contributed by atoms with Crippen LogP contribution in [0.15, 0.2) is 38.6 Å². The molecule has 0 saturated heterocycles. The maximum absolute atomic E-state index is 6.43. The Kier molecular flexibility index (Phi) is 4.36. The van der Waals surface area contributed by atoms with Crippen molar-refractivity contribution in [1.82, 2.24) is 0 Å². The zero-order valence-electron chi connectivity index (χ0n) is 7.88. The smallest absolute Gasteiger partial charge is 0.0953 e. The fraction of sp³-hybridized carbons (Fsp3) is 0.0909. The molecule has 0 aliphatic rings. The molecule has 0 N–H and O–H groups in total. The van der Waals surface area contributed by atoms with Crippen LogP contribution in [0.25, 0.3) is 0 Å². The van der Waals surface area contributed by atoms with E-state index in [2.05, 4.69) is 31.9 Å². The first-order valence-electron chi connectivity index (χ1n) is 4.41. The molecular weight excluding hydrogens is 395 g/mol. The van der Waals surface area contributed by atoms with Gasteiger partial charge in [0, 0.05) is 13.8 Å². The summed E-state index contributed by atoms with van der Waals surface area (Å²) in [7, 11) is 0. The van der Waals surface area contributed by atoms with Gasteiger partial charge in [0.05, 0.1) is 10.4 Å². The first-order chi connectivity index (χ1) is 7.59. The Morgan fingerprint density at radius 3 is 2.56 bits per heavy atom. The summed E-state index contributed by atoms with van der Waals surface area (Å²) in [6.45, 7) is 0. The molecule has 0 radical (unpaired) electrons. The summed E-state index contributed by atoms with van der Waals surface area (Å²) < 4.78 is 1.99. The molecule has 1 aromatic carbocycles. The van der Waals surface area contributed by atoms with Crippen LogP contribution in [-0.4, -0.2) is 0 Å². The van der Waals surface area contributed by atoms with Crippen LogP contribution in [0.3, 0.4) is 0 Å². The van der Waals surface area contributed by atoms with Crippen LogP contribution >= 0.6 is 66.4 Å². The second kappa shape index (κ2) is 5.40. The van der Waals surface area contributed by atoms with Gasteiger partial charge in [0.15, 0.2) is 0 Å². The summed E-state index contributed by atoms with van der Waals surface area (Å²) in [6, 6.07) is 7.80. The zero-order valence-corrected chi connectivity index (χ0v) is 13.4. The van der Waals surface area contributed by atoms with E-state index in [9.17, 15) is 0 Å². The van der Waals surface area contributed by atoms with E-state index in [1.807, 2.05) is 29.6 Å². The van der Waals surface area contributed by atoms with E-state index in [1.54, 1.807) is 11.3 Å². The molecule has 1 aromatic heterocycles. The lowest BCUT2D eigenvalue weighted by Crippen LogP contribution is -1.92. The summed E-state index contributed by atoms with van der Waals surface area (Å²) >= 11 is 21.0. The summed E-state index contributed by atoms with van der Waals surface area (Å²) in [5.74, 6) is 0. The number of halogens is 4. The van der Waals surface area contributed by atoms with E-state index in [1.165, 1.54) is 0 Å². The third kappa shape index (κ3) is 2.65. The van der Waals surface area contributed by atoms with E-state index in [-0.39, 0.29) is 5.38 Å². The van der Waals surface area contributed by atoms with Gasteiger partial charge in [-0.15, -0.1) is 22.9 Å². The van der Waals surface area contributed by atoms with Crippen LogP contribution in [0.1, 0.15) is 15.8 Å². The minimum atomic E-state index is -0.223.